The third kappa shape index (κ3) is 2.95. The number of aryl methyl sites for hydroxylation is 1. The lowest BCUT2D eigenvalue weighted by atomic mass is 10.0. The molecule has 0 aromatic carbocycles. The van der Waals surface area contributed by atoms with Crippen molar-refractivity contribution in [3.05, 3.63) is 16.9 Å². The summed E-state index contributed by atoms with van der Waals surface area (Å²) >= 11 is 6.14. The number of halogens is 1. The first kappa shape index (κ1) is 12.5. The molecule has 1 heterocycles. The number of nitrogens with one attached hydrogen (secondary N) is 1. The minimum absolute atomic E-state index is 0.282. The fourth-order valence-electron chi connectivity index (χ4n) is 1.72. The Hall–Kier alpha value is -0.540. The van der Waals surface area contributed by atoms with Crippen LogP contribution < -0.4 is 5.32 Å². The molecule has 0 aliphatic rings. The number of rotatable bonds is 5. The molecule has 0 radical (unpaired) electrons. The highest BCUT2D eigenvalue weighted by molar-refractivity contribution is 6.31. The summed E-state index contributed by atoms with van der Waals surface area (Å²) in [5.41, 5.74) is 1.08. The second kappa shape index (κ2) is 5.52. The lowest BCUT2D eigenvalue weighted by molar-refractivity contribution is 0.391. The maximum atomic E-state index is 6.14. The van der Waals surface area contributed by atoms with E-state index in [-0.39, 0.29) is 6.04 Å². The predicted octanol–water partition coefficient (Wildman–Crippen LogP) is 2.77. The van der Waals surface area contributed by atoms with Gasteiger partial charge in [0.05, 0.1) is 23.0 Å². The van der Waals surface area contributed by atoms with Gasteiger partial charge in [-0.05, 0) is 18.9 Å². The van der Waals surface area contributed by atoms with Crippen LogP contribution in [0.1, 0.15) is 38.9 Å². The van der Waals surface area contributed by atoms with E-state index in [9.17, 15) is 0 Å². The van der Waals surface area contributed by atoms with E-state index >= 15 is 0 Å². The summed E-state index contributed by atoms with van der Waals surface area (Å²) < 4.78 is 1.86. The van der Waals surface area contributed by atoms with E-state index in [0.717, 1.165) is 23.7 Å². The molecule has 86 valence electrons. The van der Waals surface area contributed by atoms with Gasteiger partial charge in [-0.2, -0.15) is 5.10 Å². The van der Waals surface area contributed by atoms with E-state index in [0.29, 0.717) is 5.92 Å². The van der Waals surface area contributed by atoms with Crippen LogP contribution in [0.4, 0.5) is 0 Å². The Balaban J connectivity index is 2.88. The fourth-order valence-corrected chi connectivity index (χ4v) is 2.00. The van der Waals surface area contributed by atoms with Crippen LogP contribution in [0.25, 0.3) is 0 Å². The summed E-state index contributed by atoms with van der Waals surface area (Å²) in [6, 6.07) is 0.282. The molecule has 0 amide bonds. The molecule has 0 spiro atoms. The molecule has 0 aliphatic carbocycles. The largest absolute Gasteiger partial charge is 0.308 e. The van der Waals surface area contributed by atoms with Crippen molar-refractivity contribution in [2.45, 2.75) is 33.2 Å². The Bertz CT molecular complexity index is 287. The van der Waals surface area contributed by atoms with Crippen LogP contribution in [0.5, 0.6) is 0 Å². The number of nitrogens with zero attached hydrogens (tertiary/aromatic N) is 2. The highest BCUT2D eigenvalue weighted by Gasteiger charge is 2.21. The van der Waals surface area contributed by atoms with E-state index in [4.69, 9.17) is 11.6 Å². The van der Waals surface area contributed by atoms with Gasteiger partial charge in [-0.3, -0.25) is 4.68 Å². The SMILES string of the molecule is CCCNC(c1c(Cl)cnn1C)C(C)C. The summed E-state index contributed by atoms with van der Waals surface area (Å²) in [6.07, 6.45) is 2.83. The zero-order chi connectivity index (χ0) is 11.4. The van der Waals surface area contributed by atoms with Crippen molar-refractivity contribution in [1.29, 1.82) is 0 Å². The minimum Gasteiger partial charge on any atom is -0.308 e. The van der Waals surface area contributed by atoms with Crippen LogP contribution in [-0.4, -0.2) is 16.3 Å². The monoisotopic (exact) mass is 229 g/mol. The zero-order valence-electron chi connectivity index (χ0n) is 9.92. The molecule has 4 heteroatoms. The molecule has 0 saturated carbocycles. The zero-order valence-corrected chi connectivity index (χ0v) is 10.7. The van der Waals surface area contributed by atoms with Crippen LogP contribution in [0.15, 0.2) is 6.20 Å². The molecule has 3 nitrogen and oxygen atoms in total. The van der Waals surface area contributed by atoms with Gasteiger partial charge in [0.1, 0.15) is 0 Å². The van der Waals surface area contributed by atoms with E-state index < -0.39 is 0 Å². The van der Waals surface area contributed by atoms with Gasteiger partial charge >= 0.3 is 0 Å². The summed E-state index contributed by atoms with van der Waals surface area (Å²) in [6.45, 7) is 7.55. The first-order valence-corrected chi connectivity index (χ1v) is 5.86. The Kier molecular flexibility index (Phi) is 4.61. The number of hydrogen-bond donors (Lipinski definition) is 1. The van der Waals surface area contributed by atoms with Crippen molar-refractivity contribution in [2.24, 2.45) is 13.0 Å². The molecule has 15 heavy (non-hydrogen) atoms. The number of hydrogen-bond acceptors (Lipinski definition) is 2. The average Bonchev–Trinajstić information content (AvgIpc) is 2.49. The van der Waals surface area contributed by atoms with Gasteiger partial charge in [0.15, 0.2) is 0 Å². The van der Waals surface area contributed by atoms with Gasteiger partial charge in [-0.25, -0.2) is 0 Å². The Morgan fingerprint density at radius 3 is 2.60 bits per heavy atom. The number of aromatic nitrogens is 2. The third-order valence-electron chi connectivity index (χ3n) is 2.51. The third-order valence-corrected chi connectivity index (χ3v) is 2.80. The van der Waals surface area contributed by atoms with E-state index in [1.165, 1.54) is 0 Å². The smallest absolute Gasteiger partial charge is 0.0834 e. The van der Waals surface area contributed by atoms with Crippen molar-refractivity contribution >= 4 is 11.6 Å². The van der Waals surface area contributed by atoms with Crippen molar-refractivity contribution in [2.75, 3.05) is 6.54 Å². The molecule has 1 aromatic rings. The van der Waals surface area contributed by atoms with Crippen molar-refractivity contribution in [3.8, 4) is 0 Å². The predicted molar refractivity (Wildman–Crippen MR) is 64.1 cm³/mol. The Morgan fingerprint density at radius 2 is 2.20 bits per heavy atom. The lowest BCUT2D eigenvalue weighted by Crippen LogP contribution is -2.28. The van der Waals surface area contributed by atoms with Crippen molar-refractivity contribution in [1.82, 2.24) is 15.1 Å². The molecule has 0 fully saturated rings. The molecule has 0 bridgehead atoms. The van der Waals surface area contributed by atoms with E-state index in [1.807, 2.05) is 11.7 Å². The van der Waals surface area contributed by atoms with Gasteiger partial charge in [-0.1, -0.05) is 32.4 Å². The molecule has 0 aliphatic heterocycles. The van der Waals surface area contributed by atoms with Gasteiger partial charge in [0.25, 0.3) is 0 Å². The first-order valence-electron chi connectivity index (χ1n) is 5.48. The second-order valence-corrected chi connectivity index (χ2v) is 4.58. The molecule has 1 N–H and O–H groups in total. The lowest BCUT2D eigenvalue weighted by Gasteiger charge is -2.23. The highest BCUT2D eigenvalue weighted by Crippen LogP contribution is 2.27. The highest BCUT2D eigenvalue weighted by atomic mass is 35.5. The molecule has 1 rings (SSSR count). The summed E-state index contributed by atoms with van der Waals surface area (Å²) in [5, 5.41) is 8.43. The normalized spacial score (nSPS) is 13.5. The molecular formula is C11H20ClN3. The van der Waals surface area contributed by atoms with Crippen molar-refractivity contribution in [3.63, 3.8) is 0 Å². The molecule has 1 aromatic heterocycles. The molecular weight excluding hydrogens is 210 g/mol. The fraction of sp³-hybridized carbons (Fsp3) is 0.727. The van der Waals surface area contributed by atoms with E-state index in [2.05, 4.69) is 31.2 Å². The van der Waals surface area contributed by atoms with Crippen LogP contribution in [0.3, 0.4) is 0 Å². The Labute approximate surface area is 96.8 Å². The molecule has 0 saturated heterocycles. The molecule has 1 atom stereocenters. The standard InChI is InChI=1S/C11H20ClN3/c1-5-6-13-10(8(2)3)11-9(12)7-14-15(11)4/h7-8,10,13H,5-6H2,1-4H3. The maximum absolute atomic E-state index is 6.14. The quantitative estimate of drug-likeness (QED) is 0.842. The van der Waals surface area contributed by atoms with Gasteiger partial charge in [0, 0.05) is 7.05 Å². The second-order valence-electron chi connectivity index (χ2n) is 4.18. The van der Waals surface area contributed by atoms with Gasteiger partial charge in [-0.15, -0.1) is 0 Å². The van der Waals surface area contributed by atoms with E-state index in [1.54, 1.807) is 6.20 Å². The Morgan fingerprint density at radius 1 is 1.53 bits per heavy atom. The van der Waals surface area contributed by atoms with Crippen LogP contribution >= 0.6 is 11.6 Å². The van der Waals surface area contributed by atoms with Gasteiger partial charge < -0.3 is 5.32 Å². The summed E-state index contributed by atoms with van der Waals surface area (Å²) in [4.78, 5) is 0. The maximum Gasteiger partial charge on any atom is 0.0834 e. The molecule has 1 unspecified atom stereocenters. The first-order chi connectivity index (χ1) is 7.07. The topological polar surface area (TPSA) is 29.9 Å². The van der Waals surface area contributed by atoms with Crippen molar-refractivity contribution < 1.29 is 0 Å². The van der Waals surface area contributed by atoms with Gasteiger partial charge in [0.2, 0.25) is 0 Å². The van der Waals surface area contributed by atoms with Crippen LogP contribution in [-0.2, 0) is 7.05 Å². The summed E-state index contributed by atoms with van der Waals surface area (Å²) in [7, 11) is 1.93. The average molecular weight is 230 g/mol. The summed E-state index contributed by atoms with van der Waals surface area (Å²) in [5.74, 6) is 0.504. The van der Waals surface area contributed by atoms with Crippen LogP contribution in [0, 0.1) is 5.92 Å². The van der Waals surface area contributed by atoms with Crippen LogP contribution in [0.2, 0.25) is 5.02 Å². The minimum atomic E-state index is 0.282.